The summed E-state index contributed by atoms with van der Waals surface area (Å²) < 4.78 is 58.3. The summed E-state index contributed by atoms with van der Waals surface area (Å²) in [6, 6.07) is 3.78. The zero-order valence-corrected chi connectivity index (χ0v) is 19.2. The van der Waals surface area contributed by atoms with Gasteiger partial charge in [-0.2, -0.15) is 5.10 Å². The molecule has 11 heteroatoms. The van der Waals surface area contributed by atoms with Crippen molar-refractivity contribution in [2.75, 3.05) is 24.5 Å². The summed E-state index contributed by atoms with van der Waals surface area (Å²) in [5.41, 5.74) is 1.75. The third-order valence-corrected chi connectivity index (χ3v) is 6.53. The summed E-state index contributed by atoms with van der Waals surface area (Å²) in [7, 11) is 0. The number of piperidine rings is 1. The molecule has 0 spiro atoms. The summed E-state index contributed by atoms with van der Waals surface area (Å²) >= 11 is 0. The number of ether oxygens (including phenoxy) is 1. The molecule has 2 fully saturated rings. The summed E-state index contributed by atoms with van der Waals surface area (Å²) in [6.07, 6.45) is 1.22. The highest BCUT2D eigenvalue weighted by molar-refractivity contribution is 5.97. The molecule has 3 aromatic rings. The van der Waals surface area contributed by atoms with Crippen LogP contribution in [0.2, 0.25) is 0 Å². The standard InChI is InChI=1S/C24H25F4N5O2/c1-15-14-33-21(29-22(15)31-9-4-5-10-31)13-18(30-33)19-6-2-3-11-32(19)23(34)17-12-16(25)7-8-20(17)35-24(26,27)28/h7-8,12-14,19H,2-6,9-11H2,1H3/t19-/m0/s1. The molecule has 5 rings (SSSR count). The third kappa shape index (κ3) is 4.76. The molecule has 186 valence electrons. The number of fused-ring (bicyclic) bond motifs is 1. The van der Waals surface area contributed by atoms with Crippen LogP contribution in [0.25, 0.3) is 5.65 Å². The van der Waals surface area contributed by atoms with E-state index < -0.39 is 35.4 Å². The second-order valence-corrected chi connectivity index (χ2v) is 9.01. The molecule has 2 aliphatic heterocycles. The maximum atomic E-state index is 13.9. The third-order valence-electron chi connectivity index (χ3n) is 6.53. The Hall–Kier alpha value is -3.37. The van der Waals surface area contributed by atoms with E-state index in [1.807, 2.05) is 19.2 Å². The van der Waals surface area contributed by atoms with E-state index in [9.17, 15) is 22.4 Å². The second-order valence-electron chi connectivity index (χ2n) is 9.01. The Morgan fingerprint density at radius 1 is 1.09 bits per heavy atom. The molecule has 0 unspecified atom stereocenters. The Kier molecular flexibility index (Phi) is 6.02. The Bertz CT molecular complexity index is 1250. The average molecular weight is 491 g/mol. The van der Waals surface area contributed by atoms with Gasteiger partial charge in [0.1, 0.15) is 17.4 Å². The number of hydrogen-bond acceptors (Lipinski definition) is 5. The molecule has 2 aromatic heterocycles. The normalized spacial score (nSPS) is 18.9. The van der Waals surface area contributed by atoms with E-state index in [-0.39, 0.29) is 0 Å². The summed E-state index contributed by atoms with van der Waals surface area (Å²) in [6.45, 7) is 4.19. The molecule has 4 heterocycles. The zero-order chi connectivity index (χ0) is 24.7. The van der Waals surface area contributed by atoms with E-state index in [0.29, 0.717) is 30.7 Å². The predicted molar refractivity (Wildman–Crippen MR) is 120 cm³/mol. The van der Waals surface area contributed by atoms with Crippen molar-refractivity contribution in [3.63, 3.8) is 0 Å². The highest BCUT2D eigenvalue weighted by Gasteiger charge is 2.36. The van der Waals surface area contributed by atoms with Gasteiger partial charge in [0, 0.05) is 37.5 Å². The average Bonchev–Trinajstić information content (AvgIpc) is 3.48. The van der Waals surface area contributed by atoms with Gasteiger partial charge in [-0.3, -0.25) is 4.79 Å². The van der Waals surface area contributed by atoms with Gasteiger partial charge in [0.2, 0.25) is 0 Å². The number of likely N-dealkylation sites (tertiary alicyclic amines) is 1. The number of alkyl halides is 3. The van der Waals surface area contributed by atoms with Crippen molar-refractivity contribution < 1.29 is 27.1 Å². The SMILES string of the molecule is Cc1cn2nc([C@@H]3CCCCN3C(=O)c3cc(F)ccc3OC(F)(F)F)cc2nc1N1CCCC1. The van der Waals surface area contributed by atoms with Gasteiger partial charge < -0.3 is 14.5 Å². The molecular formula is C24H25F4N5O2. The fraction of sp³-hybridized carbons (Fsp3) is 0.458. The molecule has 1 aromatic carbocycles. The smallest absolute Gasteiger partial charge is 0.405 e. The molecule has 0 aliphatic carbocycles. The zero-order valence-electron chi connectivity index (χ0n) is 19.2. The van der Waals surface area contributed by atoms with Gasteiger partial charge >= 0.3 is 6.36 Å². The van der Waals surface area contributed by atoms with Crippen molar-refractivity contribution in [1.82, 2.24) is 19.5 Å². The lowest BCUT2D eigenvalue weighted by Gasteiger charge is -2.35. The van der Waals surface area contributed by atoms with E-state index in [4.69, 9.17) is 4.98 Å². The molecule has 35 heavy (non-hydrogen) atoms. The van der Waals surface area contributed by atoms with E-state index in [1.165, 1.54) is 4.90 Å². The number of nitrogens with zero attached hydrogens (tertiary/aromatic N) is 5. The van der Waals surface area contributed by atoms with Crippen molar-refractivity contribution in [3.8, 4) is 5.75 Å². The van der Waals surface area contributed by atoms with E-state index >= 15 is 0 Å². The Morgan fingerprint density at radius 2 is 1.83 bits per heavy atom. The van der Waals surface area contributed by atoms with E-state index in [0.717, 1.165) is 61.9 Å². The van der Waals surface area contributed by atoms with Crippen molar-refractivity contribution in [1.29, 1.82) is 0 Å². The highest BCUT2D eigenvalue weighted by Crippen LogP contribution is 2.35. The fourth-order valence-corrected chi connectivity index (χ4v) is 4.95. The van der Waals surface area contributed by atoms with Gasteiger partial charge in [0.05, 0.1) is 17.3 Å². The lowest BCUT2D eigenvalue weighted by Crippen LogP contribution is -2.39. The number of hydrogen-bond donors (Lipinski definition) is 0. The molecule has 1 atom stereocenters. The molecule has 7 nitrogen and oxygen atoms in total. The molecule has 1 amide bonds. The first-order valence-electron chi connectivity index (χ1n) is 11.7. The first-order chi connectivity index (χ1) is 16.7. The summed E-state index contributed by atoms with van der Waals surface area (Å²) in [5, 5.41) is 4.65. The van der Waals surface area contributed by atoms with Crippen LogP contribution in [-0.2, 0) is 0 Å². The second kappa shape index (κ2) is 9.01. The van der Waals surface area contributed by atoms with E-state index in [2.05, 4.69) is 14.7 Å². The number of amides is 1. The monoisotopic (exact) mass is 491 g/mol. The van der Waals surface area contributed by atoms with Gasteiger partial charge in [-0.05, 0) is 57.2 Å². The summed E-state index contributed by atoms with van der Waals surface area (Å²) in [4.78, 5) is 21.9. The maximum absolute atomic E-state index is 13.9. The van der Waals surface area contributed by atoms with Crippen molar-refractivity contribution >= 4 is 17.4 Å². The number of carbonyl (C=O) groups is 1. The Balaban J connectivity index is 1.48. The molecule has 0 radical (unpaired) electrons. The van der Waals surface area contributed by atoms with Gasteiger partial charge in [0.25, 0.3) is 5.91 Å². The molecule has 2 aliphatic rings. The molecule has 2 saturated heterocycles. The quantitative estimate of drug-likeness (QED) is 0.479. The van der Waals surface area contributed by atoms with Crippen LogP contribution in [0.15, 0.2) is 30.5 Å². The van der Waals surface area contributed by atoms with Crippen LogP contribution in [0, 0.1) is 12.7 Å². The van der Waals surface area contributed by atoms with Crippen LogP contribution < -0.4 is 9.64 Å². The van der Waals surface area contributed by atoms with Crippen molar-refractivity contribution in [2.45, 2.75) is 51.4 Å². The lowest BCUT2D eigenvalue weighted by atomic mass is 9.98. The van der Waals surface area contributed by atoms with Crippen LogP contribution in [0.5, 0.6) is 5.75 Å². The number of halogens is 4. The Labute approximate surface area is 199 Å². The fourth-order valence-electron chi connectivity index (χ4n) is 4.95. The minimum absolute atomic E-state index is 0.310. The first-order valence-corrected chi connectivity index (χ1v) is 11.7. The number of carbonyl (C=O) groups excluding carboxylic acids is 1. The first kappa shape index (κ1) is 23.4. The molecule has 0 saturated carbocycles. The largest absolute Gasteiger partial charge is 0.573 e. The van der Waals surface area contributed by atoms with Crippen molar-refractivity contribution in [3.05, 3.63) is 53.1 Å². The predicted octanol–water partition coefficient (Wildman–Crippen LogP) is 5.04. The molecule has 0 N–H and O–H groups in total. The number of aromatic nitrogens is 3. The number of rotatable bonds is 4. The topological polar surface area (TPSA) is 63.0 Å². The molecular weight excluding hydrogens is 466 g/mol. The minimum Gasteiger partial charge on any atom is -0.405 e. The van der Waals surface area contributed by atoms with E-state index in [1.54, 1.807) is 4.52 Å². The van der Waals surface area contributed by atoms with Crippen LogP contribution >= 0.6 is 0 Å². The summed E-state index contributed by atoms with van der Waals surface area (Å²) in [5.74, 6) is -1.37. The van der Waals surface area contributed by atoms with Crippen LogP contribution in [-0.4, -0.2) is 51.4 Å². The Morgan fingerprint density at radius 3 is 2.57 bits per heavy atom. The number of aryl methyl sites for hydroxylation is 1. The van der Waals surface area contributed by atoms with Crippen LogP contribution in [0.3, 0.4) is 0 Å². The number of anilines is 1. The van der Waals surface area contributed by atoms with Crippen LogP contribution in [0.4, 0.5) is 23.4 Å². The lowest BCUT2D eigenvalue weighted by molar-refractivity contribution is -0.274. The molecule has 0 bridgehead atoms. The highest BCUT2D eigenvalue weighted by atomic mass is 19.4. The van der Waals surface area contributed by atoms with Gasteiger partial charge in [-0.25, -0.2) is 13.9 Å². The van der Waals surface area contributed by atoms with Gasteiger partial charge in [0.15, 0.2) is 5.65 Å². The van der Waals surface area contributed by atoms with Gasteiger partial charge in [-0.1, -0.05) is 0 Å². The van der Waals surface area contributed by atoms with Crippen molar-refractivity contribution in [2.24, 2.45) is 0 Å². The maximum Gasteiger partial charge on any atom is 0.573 e. The minimum atomic E-state index is -5.01. The van der Waals surface area contributed by atoms with Gasteiger partial charge in [-0.15, -0.1) is 13.2 Å². The number of benzene rings is 1. The van der Waals surface area contributed by atoms with Crippen LogP contribution in [0.1, 0.15) is 59.8 Å².